The lowest BCUT2D eigenvalue weighted by Gasteiger charge is -2.20. The summed E-state index contributed by atoms with van der Waals surface area (Å²) in [5.74, 6) is 0.774. The second-order valence-corrected chi connectivity index (χ2v) is 9.34. The highest BCUT2D eigenvalue weighted by molar-refractivity contribution is 7.89. The first kappa shape index (κ1) is 17.4. The van der Waals surface area contributed by atoms with Gasteiger partial charge < -0.3 is 4.42 Å². The van der Waals surface area contributed by atoms with Crippen molar-refractivity contribution in [1.29, 1.82) is 0 Å². The van der Waals surface area contributed by atoms with Gasteiger partial charge in [0.25, 0.3) is 5.89 Å². The molecule has 26 heavy (non-hydrogen) atoms. The van der Waals surface area contributed by atoms with Crippen LogP contribution in [0.1, 0.15) is 36.6 Å². The van der Waals surface area contributed by atoms with E-state index >= 15 is 0 Å². The summed E-state index contributed by atoms with van der Waals surface area (Å²) in [6.45, 7) is 4.97. The summed E-state index contributed by atoms with van der Waals surface area (Å²) in [5.41, 5.74) is 0. The molecule has 1 unspecified atom stereocenters. The molecule has 4 rings (SSSR count). The van der Waals surface area contributed by atoms with Gasteiger partial charge in [-0.3, -0.25) is 4.68 Å². The molecule has 0 radical (unpaired) electrons. The van der Waals surface area contributed by atoms with E-state index in [1.165, 1.54) is 10.5 Å². The van der Waals surface area contributed by atoms with Crippen LogP contribution in [0.3, 0.4) is 0 Å². The lowest BCUT2D eigenvalue weighted by Crippen LogP contribution is -2.30. The maximum atomic E-state index is 13.0. The second-order valence-electron chi connectivity index (χ2n) is 6.16. The number of rotatable bonds is 5. The van der Waals surface area contributed by atoms with Gasteiger partial charge in [-0.15, -0.1) is 21.5 Å². The quantitative estimate of drug-likeness (QED) is 0.662. The van der Waals surface area contributed by atoms with E-state index in [-0.39, 0.29) is 4.90 Å². The van der Waals surface area contributed by atoms with E-state index in [1.54, 1.807) is 22.2 Å². The Morgan fingerprint density at radius 1 is 1.35 bits per heavy atom. The molecule has 4 heterocycles. The highest BCUT2D eigenvalue weighted by Gasteiger charge is 2.39. The van der Waals surface area contributed by atoms with Crippen molar-refractivity contribution in [2.75, 3.05) is 6.54 Å². The van der Waals surface area contributed by atoms with E-state index in [0.717, 1.165) is 16.2 Å². The topological polar surface area (TPSA) is 94.1 Å². The molecule has 0 amide bonds. The number of sulfonamides is 1. The summed E-state index contributed by atoms with van der Waals surface area (Å²) in [6, 6.07) is 3.48. The normalized spacial score (nSPS) is 18.6. The SMILES string of the molecule is CCn1cc(S(=O)(=O)N2CCCC2c2nnc(-c3ccc(C)s3)o2)cn1. The van der Waals surface area contributed by atoms with Crippen LogP contribution >= 0.6 is 11.3 Å². The molecule has 1 fully saturated rings. The van der Waals surface area contributed by atoms with Crippen LogP contribution in [0.2, 0.25) is 0 Å². The molecular weight excluding hydrogens is 374 g/mol. The van der Waals surface area contributed by atoms with Gasteiger partial charge in [0.1, 0.15) is 10.9 Å². The third-order valence-corrected chi connectivity index (χ3v) is 7.27. The molecule has 8 nitrogen and oxygen atoms in total. The van der Waals surface area contributed by atoms with Gasteiger partial charge in [0.2, 0.25) is 15.9 Å². The third kappa shape index (κ3) is 2.97. The average molecular weight is 393 g/mol. The number of aromatic nitrogens is 4. The van der Waals surface area contributed by atoms with Crippen LogP contribution in [-0.2, 0) is 16.6 Å². The van der Waals surface area contributed by atoms with Crippen LogP contribution in [0.15, 0.2) is 33.8 Å². The van der Waals surface area contributed by atoms with Gasteiger partial charge in [0.15, 0.2) is 0 Å². The van der Waals surface area contributed by atoms with Crippen molar-refractivity contribution in [3.8, 4) is 10.8 Å². The summed E-state index contributed by atoms with van der Waals surface area (Å²) >= 11 is 1.57. The highest BCUT2D eigenvalue weighted by atomic mass is 32.2. The Kier molecular flexibility index (Phi) is 4.41. The van der Waals surface area contributed by atoms with Crippen LogP contribution in [0.4, 0.5) is 0 Å². The van der Waals surface area contributed by atoms with Gasteiger partial charge in [-0.25, -0.2) is 8.42 Å². The molecule has 0 bridgehead atoms. The first-order valence-corrected chi connectivity index (χ1v) is 10.7. The molecule has 3 aromatic heterocycles. The molecule has 1 aliphatic rings. The molecule has 0 aromatic carbocycles. The van der Waals surface area contributed by atoms with Gasteiger partial charge in [-0.1, -0.05) is 0 Å². The zero-order chi connectivity index (χ0) is 18.3. The van der Waals surface area contributed by atoms with Crippen molar-refractivity contribution >= 4 is 21.4 Å². The molecule has 0 spiro atoms. The molecule has 3 aromatic rings. The van der Waals surface area contributed by atoms with Crippen molar-refractivity contribution in [2.45, 2.75) is 44.2 Å². The fourth-order valence-corrected chi connectivity index (χ4v) is 5.47. The molecule has 138 valence electrons. The molecule has 1 atom stereocenters. The number of hydrogen-bond acceptors (Lipinski definition) is 7. The van der Waals surface area contributed by atoms with E-state index in [9.17, 15) is 8.42 Å². The fraction of sp³-hybridized carbons (Fsp3) is 0.438. The monoisotopic (exact) mass is 393 g/mol. The Bertz CT molecular complexity index is 1020. The minimum Gasteiger partial charge on any atom is -0.418 e. The molecule has 0 saturated carbocycles. The van der Waals surface area contributed by atoms with E-state index in [2.05, 4.69) is 15.3 Å². The third-order valence-electron chi connectivity index (χ3n) is 4.42. The Labute approximate surface area is 155 Å². The molecule has 10 heteroatoms. The van der Waals surface area contributed by atoms with Crippen LogP contribution in [0.25, 0.3) is 10.8 Å². The van der Waals surface area contributed by atoms with E-state index < -0.39 is 16.1 Å². The minimum atomic E-state index is -3.65. The molecular formula is C16H19N5O3S2. The van der Waals surface area contributed by atoms with E-state index in [4.69, 9.17) is 4.42 Å². The maximum absolute atomic E-state index is 13.0. The van der Waals surface area contributed by atoms with Crippen molar-refractivity contribution in [1.82, 2.24) is 24.3 Å². The predicted molar refractivity (Wildman–Crippen MR) is 96.1 cm³/mol. The van der Waals surface area contributed by atoms with Gasteiger partial charge >= 0.3 is 0 Å². The van der Waals surface area contributed by atoms with Crippen molar-refractivity contribution < 1.29 is 12.8 Å². The molecule has 0 aliphatic carbocycles. The van der Waals surface area contributed by atoms with Gasteiger partial charge in [0, 0.05) is 24.2 Å². The zero-order valence-corrected chi connectivity index (χ0v) is 16.1. The number of hydrogen-bond donors (Lipinski definition) is 0. The number of nitrogens with zero attached hydrogens (tertiary/aromatic N) is 5. The predicted octanol–water partition coefficient (Wildman–Crippen LogP) is 2.85. The Hall–Kier alpha value is -2.04. The van der Waals surface area contributed by atoms with E-state index in [0.29, 0.717) is 31.3 Å². The van der Waals surface area contributed by atoms with E-state index in [1.807, 2.05) is 26.0 Å². The summed E-state index contributed by atoms with van der Waals surface area (Å²) < 4.78 is 34.9. The van der Waals surface area contributed by atoms with Crippen LogP contribution in [-0.4, -0.2) is 39.2 Å². The largest absolute Gasteiger partial charge is 0.418 e. The number of thiophene rings is 1. The Morgan fingerprint density at radius 2 is 2.19 bits per heavy atom. The highest BCUT2D eigenvalue weighted by Crippen LogP contribution is 2.37. The smallest absolute Gasteiger partial charge is 0.257 e. The summed E-state index contributed by atoms with van der Waals surface area (Å²) in [5, 5.41) is 12.3. The molecule has 0 N–H and O–H groups in total. The average Bonchev–Trinajstić information content (AvgIpc) is 3.38. The van der Waals surface area contributed by atoms with Crippen LogP contribution < -0.4 is 0 Å². The first-order valence-electron chi connectivity index (χ1n) is 8.43. The summed E-state index contributed by atoms with van der Waals surface area (Å²) in [6.07, 6.45) is 4.36. The van der Waals surface area contributed by atoms with Crippen LogP contribution in [0, 0.1) is 6.92 Å². The van der Waals surface area contributed by atoms with Crippen LogP contribution in [0.5, 0.6) is 0 Å². The summed E-state index contributed by atoms with van der Waals surface area (Å²) in [4.78, 5) is 2.23. The minimum absolute atomic E-state index is 0.194. The Balaban J connectivity index is 1.63. The van der Waals surface area contributed by atoms with Gasteiger partial charge in [-0.05, 0) is 38.8 Å². The molecule has 1 saturated heterocycles. The zero-order valence-electron chi connectivity index (χ0n) is 14.5. The maximum Gasteiger partial charge on any atom is 0.257 e. The van der Waals surface area contributed by atoms with Gasteiger partial charge in [0.05, 0.1) is 11.1 Å². The van der Waals surface area contributed by atoms with Crippen molar-refractivity contribution in [3.63, 3.8) is 0 Å². The lowest BCUT2D eigenvalue weighted by atomic mass is 10.2. The van der Waals surface area contributed by atoms with Crippen molar-refractivity contribution in [3.05, 3.63) is 35.3 Å². The standard InChI is InChI=1S/C16H19N5O3S2/c1-3-20-10-12(9-17-20)26(22,23)21-8-4-5-13(21)15-18-19-16(24-15)14-7-6-11(2)25-14/h6-7,9-10,13H,3-5,8H2,1-2H3. The Morgan fingerprint density at radius 3 is 2.88 bits per heavy atom. The summed E-state index contributed by atoms with van der Waals surface area (Å²) in [7, 11) is -3.65. The second kappa shape index (κ2) is 6.60. The molecule has 1 aliphatic heterocycles. The van der Waals surface area contributed by atoms with Crippen molar-refractivity contribution in [2.24, 2.45) is 0 Å². The first-order chi connectivity index (χ1) is 12.5. The lowest BCUT2D eigenvalue weighted by molar-refractivity contribution is 0.332. The number of aryl methyl sites for hydroxylation is 2. The van der Waals surface area contributed by atoms with Gasteiger partial charge in [-0.2, -0.15) is 9.40 Å². The fourth-order valence-electron chi connectivity index (χ4n) is 3.08.